The average Bonchev–Trinajstić information content (AvgIpc) is 2.27. The predicted molar refractivity (Wildman–Crippen MR) is 68.9 cm³/mol. The number of carboxylic acid groups (broad SMARTS) is 1. The molecule has 0 aliphatic rings. The third-order valence-electron chi connectivity index (χ3n) is 2.70. The molecule has 1 aromatic heterocycles. The molecule has 5 heteroatoms. The molecule has 0 saturated heterocycles. The summed E-state index contributed by atoms with van der Waals surface area (Å²) < 4.78 is 0. The van der Waals surface area contributed by atoms with Crippen molar-refractivity contribution in [1.29, 1.82) is 0 Å². The number of aromatic carboxylic acids is 1. The van der Waals surface area contributed by atoms with Crippen molar-refractivity contribution >= 4 is 23.4 Å². The van der Waals surface area contributed by atoms with Crippen LogP contribution in [-0.4, -0.2) is 29.7 Å². The first kappa shape index (κ1) is 13.8. The first-order chi connectivity index (χ1) is 7.93. The van der Waals surface area contributed by atoms with Crippen molar-refractivity contribution in [2.45, 2.75) is 20.3 Å². The largest absolute Gasteiger partial charge is 0.478 e. The van der Waals surface area contributed by atoms with Crippen LogP contribution in [0.15, 0.2) is 12.1 Å². The van der Waals surface area contributed by atoms with Gasteiger partial charge in [-0.3, -0.25) is 0 Å². The lowest BCUT2D eigenvalue weighted by molar-refractivity contribution is 0.0697. The van der Waals surface area contributed by atoms with Crippen molar-refractivity contribution in [3.05, 3.63) is 22.8 Å². The summed E-state index contributed by atoms with van der Waals surface area (Å²) in [7, 11) is 1.89. The zero-order valence-corrected chi connectivity index (χ0v) is 11.0. The van der Waals surface area contributed by atoms with Crippen LogP contribution >= 0.6 is 11.6 Å². The monoisotopic (exact) mass is 256 g/mol. The summed E-state index contributed by atoms with van der Waals surface area (Å²) in [6.45, 7) is 5.08. The van der Waals surface area contributed by atoms with Gasteiger partial charge in [0.05, 0.1) is 5.56 Å². The zero-order chi connectivity index (χ0) is 13.0. The number of carbonyl (C=O) groups is 1. The molecule has 1 N–H and O–H groups in total. The van der Waals surface area contributed by atoms with Crippen molar-refractivity contribution in [1.82, 2.24) is 4.98 Å². The van der Waals surface area contributed by atoms with Crippen molar-refractivity contribution in [3.63, 3.8) is 0 Å². The summed E-state index contributed by atoms with van der Waals surface area (Å²) in [6, 6.07) is 2.89. The molecule has 1 rings (SSSR count). The van der Waals surface area contributed by atoms with Gasteiger partial charge in [-0.15, -0.1) is 0 Å². The third-order valence-corrected chi connectivity index (χ3v) is 2.89. The van der Waals surface area contributed by atoms with Gasteiger partial charge in [-0.2, -0.15) is 0 Å². The van der Waals surface area contributed by atoms with Crippen LogP contribution in [-0.2, 0) is 0 Å². The lowest BCUT2D eigenvalue weighted by Gasteiger charge is -2.22. The van der Waals surface area contributed by atoms with E-state index in [4.69, 9.17) is 16.7 Å². The van der Waals surface area contributed by atoms with Gasteiger partial charge in [0.1, 0.15) is 11.0 Å². The van der Waals surface area contributed by atoms with E-state index in [2.05, 4.69) is 18.8 Å². The van der Waals surface area contributed by atoms with E-state index < -0.39 is 5.97 Å². The normalized spacial score (nSPS) is 12.2. The Kier molecular flexibility index (Phi) is 4.75. The van der Waals surface area contributed by atoms with Gasteiger partial charge in [0.15, 0.2) is 0 Å². The predicted octanol–water partition coefficient (Wildman–Crippen LogP) is 2.92. The highest BCUT2D eigenvalue weighted by Gasteiger charge is 2.12. The standard InChI is InChI=1S/C12H17ClN2O2/c1-4-8(2)7-15(3)11-6-9(12(16)17)5-10(13)14-11/h5-6,8H,4,7H2,1-3H3,(H,16,17). The van der Waals surface area contributed by atoms with Crippen LogP contribution in [0.5, 0.6) is 0 Å². The SMILES string of the molecule is CCC(C)CN(C)c1cc(C(=O)O)cc(Cl)n1. The number of anilines is 1. The second kappa shape index (κ2) is 5.87. The minimum absolute atomic E-state index is 0.163. The topological polar surface area (TPSA) is 53.4 Å². The van der Waals surface area contributed by atoms with E-state index in [9.17, 15) is 4.79 Å². The Bertz CT molecular complexity index is 409. The Morgan fingerprint density at radius 2 is 2.24 bits per heavy atom. The molecule has 0 radical (unpaired) electrons. The Morgan fingerprint density at radius 1 is 1.59 bits per heavy atom. The molecule has 0 bridgehead atoms. The molecular formula is C12H17ClN2O2. The lowest BCUT2D eigenvalue weighted by Crippen LogP contribution is -2.24. The molecule has 0 aromatic carbocycles. The first-order valence-corrected chi connectivity index (χ1v) is 5.93. The maximum atomic E-state index is 10.9. The van der Waals surface area contributed by atoms with Gasteiger partial charge in [-0.25, -0.2) is 9.78 Å². The van der Waals surface area contributed by atoms with Gasteiger partial charge >= 0.3 is 5.97 Å². The van der Waals surface area contributed by atoms with Crippen LogP contribution < -0.4 is 4.90 Å². The molecule has 4 nitrogen and oxygen atoms in total. The van der Waals surface area contributed by atoms with E-state index in [0.717, 1.165) is 13.0 Å². The Balaban J connectivity index is 2.93. The molecule has 0 aliphatic heterocycles. The van der Waals surface area contributed by atoms with Gasteiger partial charge in [0.25, 0.3) is 0 Å². The van der Waals surface area contributed by atoms with Gasteiger partial charge in [-0.05, 0) is 18.1 Å². The van der Waals surface area contributed by atoms with Crippen LogP contribution in [0, 0.1) is 5.92 Å². The van der Waals surface area contributed by atoms with Crippen molar-refractivity contribution in [2.75, 3.05) is 18.5 Å². The highest BCUT2D eigenvalue weighted by atomic mass is 35.5. The van der Waals surface area contributed by atoms with E-state index in [0.29, 0.717) is 11.7 Å². The quantitative estimate of drug-likeness (QED) is 0.823. The average molecular weight is 257 g/mol. The van der Waals surface area contributed by atoms with Gasteiger partial charge < -0.3 is 10.0 Å². The fourth-order valence-electron chi connectivity index (χ4n) is 1.49. The maximum Gasteiger partial charge on any atom is 0.335 e. The first-order valence-electron chi connectivity index (χ1n) is 5.56. The second-order valence-electron chi connectivity index (χ2n) is 4.24. The number of aromatic nitrogens is 1. The van der Waals surface area contributed by atoms with Gasteiger partial charge in [0, 0.05) is 13.6 Å². The molecule has 0 aliphatic carbocycles. The highest BCUT2D eigenvalue weighted by molar-refractivity contribution is 6.29. The molecule has 0 fully saturated rings. The number of rotatable bonds is 5. The molecule has 1 aromatic rings. The highest BCUT2D eigenvalue weighted by Crippen LogP contribution is 2.18. The van der Waals surface area contributed by atoms with Crippen molar-refractivity contribution < 1.29 is 9.90 Å². The Morgan fingerprint density at radius 3 is 2.76 bits per heavy atom. The van der Waals surface area contributed by atoms with E-state index >= 15 is 0 Å². The van der Waals surface area contributed by atoms with Crippen LogP contribution in [0.2, 0.25) is 5.15 Å². The van der Waals surface area contributed by atoms with Crippen LogP contribution in [0.4, 0.5) is 5.82 Å². The summed E-state index contributed by atoms with van der Waals surface area (Å²) in [6.07, 6.45) is 1.07. The van der Waals surface area contributed by atoms with Crippen LogP contribution in [0.1, 0.15) is 30.6 Å². The smallest absolute Gasteiger partial charge is 0.335 e. The number of nitrogens with zero attached hydrogens (tertiary/aromatic N) is 2. The zero-order valence-electron chi connectivity index (χ0n) is 10.3. The molecule has 94 valence electrons. The van der Waals surface area contributed by atoms with Gasteiger partial charge in [-0.1, -0.05) is 31.9 Å². The fraction of sp³-hybridized carbons (Fsp3) is 0.500. The van der Waals surface area contributed by atoms with Crippen molar-refractivity contribution in [3.8, 4) is 0 Å². The summed E-state index contributed by atoms with van der Waals surface area (Å²) >= 11 is 5.81. The number of carboxylic acids is 1. The fourth-order valence-corrected chi connectivity index (χ4v) is 1.70. The number of hydrogen-bond acceptors (Lipinski definition) is 3. The molecule has 0 amide bonds. The summed E-state index contributed by atoms with van der Waals surface area (Å²) in [5.41, 5.74) is 0.163. The summed E-state index contributed by atoms with van der Waals surface area (Å²) in [5.74, 6) is 0.122. The van der Waals surface area contributed by atoms with Crippen LogP contribution in [0.3, 0.4) is 0 Å². The summed E-state index contributed by atoms with van der Waals surface area (Å²) in [4.78, 5) is 17.0. The van der Waals surface area contributed by atoms with E-state index in [1.165, 1.54) is 12.1 Å². The molecule has 0 spiro atoms. The number of hydrogen-bond donors (Lipinski definition) is 1. The Labute approximate surface area is 106 Å². The Hall–Kier alpha value is -1.29. The molecular weight excluding hydrogens is 240 g/mol. The van der Waals surface area contributed by atoms with Gasteiger partial charge in [0.2, 0.25) is 0 Å². The minimum atomic E-state index is -0.993. The molecule has 1 atom stereocenters. The minimum Gasteiger partial charge on any atom is -0.478 e. The summed E-state index contributed by atoms with van der Waals surface area (Å²) in [5, 5.41) is 9.14. The molecule has 17 heavy (non-hydrogen) atoms. The second-order valence-corrected chi connectivity index (χ2v) is 4.62. The molecule has 1 heterocycles. The maximum absolute atomic E-state index is 10.9. The van der Waals surface area contributed by atoms with E-state index in [1.807, 2.05) is 11.9 Å². The van der Waals surface area contributed by atoms with Crippen molar-refractivity contribution in [2.24, 2.45) is 5.92 Å². The third kappa shape index (κ3) is 3.89. The number of halogens is 1. The van der Waals surface area contributed by atoms with E-state index in [-0.39, 0.29) is 10.7 Å². The molecule has 1 unspecified atom stereocenters. The van der Waals surface area contributed by atoms with E-state index in [1.54, 1.807) is 0 Å². The molecule has 0 saturated carbocycles. The lowest BCUT2D eigenvalue weighted by atomic mass is 10.1. The number of pyridine rings is 1. The van der Waals surface area contributed by atoms with Crippen LogP contribution in [0.25, 0.3) is 0 Å².